The van der Waals surface area contributed by atoms with Crippen molar-refractivity contribution in [1.82, 2.24) is 5.32 Å². The van der Waals surface area contributed by atoms with Gasteiger partial charge in [-0.3, -0.25) is 0 Å². The second-order valence-electron chi connectivity index (χ2n) is 16.8. The summed E-state index contributed by atoms with van der Waals surface area (Å²) in [6.45, 7) is 21.7. The largest absolute Gasteiger partial charge is 0.364 e. The van der Waals surface area contributed by atoms with Gasteiger partial charge in [-0.05, 0) is 127 Å². The van der Waals surface area contributed by atoms with Crippen LogP contribution < -0.4 is 11.1 Å². The van der Waals surface area contributed by atoms with E-state index in [4.69, 9.17) is 10.5 Å². The zero-order chi connectivity index (χ0) is 31.0. The van der Waals surface area contributed by atoms with Crippen LogP contribution in [0.3, 0.4) is 0 Å². The number of allylic oxidation sites excluding steroid dienone is 3. The number of hydrogen-bond donors (Lipinski definition) is 3. The molecule has 10 unspecified atom stereocenters. The van der Waals surface area contributed by atoms with Crippen LogP contribution in [0.15, 0.2) is 42.5 Å². The van der Waals surface area contributed by atoms with Crippen molar-refractivity contribution in [2.75, 3.05) is 20.2 Å². The number of nitrogens with one attached hydrogen (secondary N) is 1. The Labute approximate surface area is 262 Å². The molecule has 5 aliphatic carbocycles. The Kier molecular flexibility index (Phi) is 7.93. The number of aliphatic hydroxyl groups is 1. The van der Waals surface area contributed by atoms with Crippen LogP contribution in [0, 0.1) is 51.2 Å². The highest BCUT2D eigenvalue weighted by molar-refractivity contribution is 5.71. The standard InChI is InChI=1S/C39H60N2O2/c1-25(2)28-15-20-39(41-24-23-40)22-21-37(6)30(33(28)39)13-14-32-36(5)18-16-29(26-9-11-27(12-10-26)34(42)43-8)35(3,4)31(36)17-19-38(32,37)7/h9-12,16,28,30-34,41-42H,1,13-15,17-24,40H2,2-8H3. The Bertz CT molecular complexity index is 1250. The number of ether oxygens (including phenoxy) is 1. The Morgan fingerprint density at radius 2 is 1.70 bits per heavy atom. The fourth-order valence-corrected chi connectivity index (χ4v) is 12.8. The number of benzene rings is 1. The molecule has 10 atom stereocenters. The molecular weight excluding hydrogens is 528 g/mol. The van der Waals surface area contributed by atoms with Crippen LogP contribution in [0.2, 0.25) is 0 Å². The molecule has 4 saturated carbocycles. The van der Waals surface area contributed by atoms with Crippen molar-refractivity contribution in [2.24, 2.45) is 57.0 Å². The highest BCUT2D eigenvalue weighted by atomic mass is 16.6. The molecule has 1 aromatic rings. The van der Waals surface area contributed by atoms with Crippen molar-refractivity contribution >= 4 is 5.57 Å². The van der Waals surface area contributed by atoms with Gasteiger partial charge < -0.3 is 20.9 Å². The molecule has 43 heavy (non-hydrogen) atoms. The molecule has 0 saturated heterocycles. The van der Waals surface area contributed by atoms with Crippen LogP contribution in [0.1, 0.15) is 117 Å². The first-order chi connectivity index (χ1) is 20.3. The summed E-state index contributed by atoms with van der Waals surface area (Å²) in [5, 5.41) is 14.2. The van der Waals surface area contributed by atoms with Gasteiger partial charge in [0.2, 0.25) is 0 Å². The summed E-state index contributed by atoms with van der Waals surface area (Å²) in [6.07, 6.45) is 13.5. The molecule has 238 valence electrons. The van der Waals surface area contributed by atoms with Gasteiger partial charge in [0.25, 0.3) is 0 Å². The van der Waals surface area contributed by atoms with Crippen LogP contribution in [0.5, 0.6) is 0 Å². The van der Waals surface area contributed by atoms with Crippen molar-refractivity contribution in [2.45, 2.75) is 111 Å². The van der Waals surface area contributed by atoms with Crippen LogP contribution in [0.25, 0.3) is 5.57 Å². The van der Waals surface area contributed by atoms with Gasteiger partial charge in [0.15, 0.2) is 6.29 Å². The first-order valence-corrected chi connectivity index (χ1v) is 17.4. The van der Waals surface area contributed by atoms with Crippen LogP contribution in [0.4, 0.5) is 0 Å². The smallest absolute Gasteiger partial charge is 0.180 e. The Morgan fingerprint density at radius 1 is 0.977 bits per heavy atom. The third-order valence-corrected chi connectivity index (χ3v) is 15.0. The maximum Gasteiger partial charge on any atom is 0.180 e. The average molecular weight is 589 g/mol. The highest BCUT2D eigenvalue weighted by Gasteiger charge is 2.70. The Balaban J connectivity index is 1.33. The monoisotopic (exact) mass is 588 g/mol. The van der Waals surface area contributed by atoms with Crippen LogP contribution in [-0.2, 0) is 4.74 Å². The quantitative estimate of drug-likeness (QED) is 0.222. The van der Waals surface area contributed by atoms with Gasteiger partial charge in [-0.2, -0.15) is 0 Å². The average Bonchev–Trinajstić information content (AvgIpc) is 3.36. The van der Waals surface area contributed by atoms with Gasteiger partial charge in [-0.25, -0.2) is 0 Å². The van der Waals surface area contributed by atoms with E-state index in [-0.39, 0.29) is 11.0 Å². The molecule has 0 bridgehead atoms. The van der Waals surface area contributed by atoms with E-state index in [1.165, 1.54) is 74.5 Å². The van der Waals surface area contributed by atoms with Crippen molar-refractivity contribution < 1.29 is 9.84 Å². The molecule has 0 aliphatic heterocycles. The summed E-state index contributed by atoms with van der Waals surface area (Å²) >= 11 is 0. The lowest BCUT2D eigenvalue weighted by molar-refractivity contribution is -0.219. The maximum absolute atomic E-state index is 10.2. The zero-order valence-corrected chi connectivity index (χ0v) is 28.3. The summed E-state index contributed by atoms with van der Waals surface area (Å²) < 4.78 is 5.14. The molecule has 4 nitrogen and oxygen atoms in total. The van der Waals surface area contributed by atoms with Crippen molar-refractivity contribution in [3.63, 3.8) is 0 Å². The van der Waals surface area contributed by atoms with Crippen molar-refractivity contribution in [3.05, 3.63) is 53.6 Å². The third-order valence-electron chi connectivity index (χ3n) is 15.0. The van der Waals surface area contributed by atoms with Crippen molar-refractivity contribution in [3.8, 4) is 0 Å². The third kappa shape index (κ3) is 4.43. The molecular formula is C39H60N2O2. The molecule has 0 aromatic heterocycles. The molecule has 5 aliphatic rings. The lowest BCUT2D eigenvalue weighted by Crippen LogP contribution is -2.68. The topological polar surface area (TPSA) is 67.5 Å². The number of methoxy groups -OCH3 is 1. The number of rotatable bonds is 7. The van der Waals surface area contributed by atoms with Gasteiger partial charge in [0, 0.05) is 31.3 Å². The number of nitrogens with two attached hydrogens (primary N) is 1. The highest BCUT2D eigenvalue weighted by Crippen LogP contribution is 2.76. The lowest BCUT2D eigenvalue weighted by Gasteiger charge is -2.72. The molecule has 6 rings (SSSR count). The van der Waals surface area contributed by atoms with Crippen molar-refractivity contribution in [1.29, 1.82) is 0 Å². The first-order valence-electron chi connectivity index (χ1n) is 17.4. The van der Waals surface area contributed by atoms with E-state index in [2.05, 4.69) is 71.6 Å². The number of fused-ring (bicyclic) bond motifs is 7. The summed E-state index contributed by atoms with van der Waals surface area (Å²) in [7, 11) is 1.55. The zero-order valence-electron chi connectivity index (χ0n) is 28.3. The van der Waals surface area contributed by atoms with E-state index < -0.39 is 6.29 Å². The minimum atomic E-state index is -0.866. The molecule has 0 radical (unpaired) electrons. The molecule has 4 N–H and O–H groups in total. The van der Waals surface area contributed by atoms with E-state index in [1.807, 2.05) is 12.1 Å². The summed E-state index contributed by atoms with van der Waals surface area (Å²) in [5.41, 5.74) is 12.4. The fraction of sp³-hybridized carbons (Fsp3) is 0.744. The summed E-state index contributed by atoms with van der Waals surface area (Å²) in [4.78, 5) is 0. The van der Waals surface area contributed by atoms with Gasteiger partial charge in [0.05, 0.1) is 0 Å². The van der Waals surface area contributed by atoms with E-state index in [0.717, 1.165) is 30.5 Å². The predicted octanol–water partition coefficient (Wildman–Crippen LogP) is 8.28. The van der Waals surface area contributed by atoms with E-state index in [0.29, 0.717) is 34.0 Å². The second-order valence-corrected chi connectivity index (χ2v) is 16.8. The molecule has 4 fully saturated rings. The van der Waals surface area contributed by atoms with Gasteiger partial charge >= 0.3 is 0 Å². The van der Waals surface area contributed by atoms with Gasteiger partial charge in [-0.1, -0.05) is 77.1 Å². The predicted molar refractivity (Wildman–Crippen MR) is 178 cm³/mol. The number of hydrogen-bond acceptors (Lipinski definition) is 4. The van der Waals surface area contributed by atoms with Gasteiger partial charge in [0.1, 0.15) is 0 Å². The lowest BCUT2D eigenvalue weighted by atomic mass is 9.33. The number of aliphatic hydroxyl groups excluding tert-OH is 1. The Hall–Kier alpha value is -1.46. The second kappa shape index (κ2) is 10.8. The van der Waals surface area contributed by atoms with E-state index in [9.17, 15) is 5.11 Å². The molecule has 0 amide bonds. The first kappa shape index (κ1) is 31.5. The maximum atomic E-state index is 10.2. The molecule has 0 spiro atoms. The van der Waals surface area contributed by atoms with Crippen LogP contribution >= 0.6 is 0 Å². The molecule has 1 aromatic carbocycles. The summed E-state index contributed by atoms with van der Waals surface area (Å²) in [6, 6.07) is 8.45. The fourth-order valence-electron chi connectivity index (χ4n) is 12.8. The minimum Gasteiger partial charge on any atom is -0.364 e. The van der Waals surface area contributed by atoms with E-state index in [1.54, 1.807) is 7.11 Å². The SMILES string of the molecule is C=C(C)C1CCC2(NCCN)CCC3(C)C(CCC4C5(C)CC=C(c6ccc(C(O)OC)cc6)C(C)(C)C5CCC43C)C12. The Morgan fingerprint density at radius 3 is 2.35 bits per heavy atom. The van der Waals surface area contributed by atoms with E-state index >= 15 is 0 Å². The normalized spacial score (nSPS) is 43.9. The minimum absolute atomic E-state index is 0.0951. The molecule has 4 heteroatoms. The molecule has 0 heterocycles. The van der Waals surface area contributed by atoms with Crippen LogP contribution in [-0.4, -0.2) is 30.8 Å². The van der Waals surface area contributed by atoms with Gasteiger partial charge in [-0.15, -0.1) is 0 Å². The summed E-state index contributed by atoms with van der Waals surface area (Å²) in [5.74, 6) is 3.47.